The van der Waals surface area contributed by atoms with Gasteiger partial charge in [0, 0.05) is 13.1 Å². The fraction of sp³-hybridized carbons (Fsp3) is 0.647. The summed E-state index contributed by atoms with van der Waals surface area (Å²) in [6, 6.07) is 1.64. The molecule has 1 aliphatic heterocycles. The van der Waals surface area contributed by atoms with E-state index < -0.39 is 6.04 Å². The van der Waals surface area contributed by atoms with Crippen LogP contribution in [-0.2, 0) is 9.59 Å². The molecule has 0 unspecified atom stereocenters. The minimum Gasteiger partial charge on any atom is -0.353 e. The third-order valence-corrected chi connectivity index (χ3v) is 5.86. The maximum atomic E-state index is 12.8. The number of carbonyl (C=O) groups excluding carboxylic acids is 2. The normalized spacial score (nSPS) is 19.3. The van der Waals surface area contributed by atoms with Gasteiger partial charge in [0.2, 0.25) is 11.8 Å². The van der Waals surface area contributed by atoms with Crippen molar-refractivity contribution in [2.75, 3.05) is 32.9 Å². The zero-order valence-electron chi connectivity index (χ0n) is 14.8. The minimum absolute atomic E-state index is 0.0402. The Morgan fingerprint density at radius 1 is 1.46 bits per heavy atom. The summed E-state index contributed by atoms with van der Waals surface area (Å²) in [5.74, 6) is 0.808. The van der Waals surface area contributed by atoms with E-state index in [0.29, 0.717) is 24.6 Å². The van der Waals surface area contributed by atoms with Crippen molar-refractivity contribution in [3.8, 4) is 0 Å². The monoisotopic (exact) mass is 369 g/mol. The van der Waals surface area contributed by atoms with Gasteiger partial charge in [-0.05, 0) is 48.8 Å². The van der Waals surface area contributed by atoms with Crippen molar-refractivity contribution in [2.24, 2.45) is 5.92 Å². The van der Waals surface area contributed by atoms with Gasteiger partial charge in [-0.25, -0.2) is 0 Å². The first-order valence-corrected chi connectivity index (χ1v) is 10.3. The second kappa shape index (κ2) is 8.87. The number of hydrogen-bond acceptors (Lipinski definition) is 5. The van der Waals surface area contributed by atoms with E-state index >= 15 is 0 Å². The summed E-state index contributed by atoms with van der Waals surface area (Å²) in [5, 5.41) is 7.04. The molecule has 134 valence electrons. The van der Waals surface area contributed by atoms with E-state index in [9.17, 15) is 9.59 Å². The standard InChI is InChI=1S/C17H27N3O2S2/c1-12(2)9-14(16(22)18-6-7-19(3)4)20-15(21)11-24-17(20)13-5-8-23-10-13/h5,8,10,12,14,17H,6-7,9,11H2,1-4H3,(H,18,22)/t14-,17+/m1/s1. The lowest BCUT2D eigenvalue weighted by molar-refractivity contribution is -0.139. The molecule has 0 spiro atoms. The summed E-state index contributed by atoms with van der Waals surface area (Å²) in [6.07, 6.45) is 0.681. The summed E-state index contributed by atoms with van der Waals surface area (Å²) < 4.78 is 0. The quantitative estimate of drug-likeness (QED) is 0.765. The van der Waals surface area contributed by atoms with Gasteiger partial charge in [0.15, 0.2) is 0 Å². The van der Waals surface area contributed by atoms with Gasteiger partial charge in [0.25, 0.3) is 0 Å². The molecule has 1 aliphatic rings. The second-order valence-corrected chi connectivity index (χ2v) is 8.61. The molecule has 1 aromatic rings. The van der Waals surface area contributed by atoms with Gasteiger partial charge >= 0.3 is 0 Å². The Morgan fingerprint density at radius 2 is 2.21 bits per heavy atom. The summed E-state index contributed by atoms with van der Waals surface area (Å²) >= 11 is 3.24. The first kappa shape index (κ1) is 19.3. The number of rotatable bonds is 8. The van der Waals surface area contributed by atoms with Gasteiger partial charge in [0.05, 0.1) is 5.75 Å². The van der Waals surface area contributed by atoms with Crippen LogP contribution in [0.4, 0.5) is 0 Å². The predicted octanol–water partition coefficient (Wildman–Crippen LogP) is 2.41. The van der Waals surface area contributed by atoms with Gasteiger partial charge in [-0.1, -0.05) is 13.8 Å². The molecule has 1 saturated heterocycles. The lowest BCUT2D eigenvalue weighted by Gasteiger charge is -2.32. The molecule has 2 heterocycles. The lowest BCUT2D eigenvalue weighted by Crippen LogP contribution is -2.50. The van der Waals surface area contributed by atoms with Crippen LogP contribution in [0.25, 0.3) is 0 Å². The Morgan fingerprint density at radius 3 is 2.79 bits per heavy atom. The van der Waals surface area contributed by atoms with Crippen LogP contribution in [-0.4, -0.2) is 60.6 Å². The Kier molecular flexibility index (Phi) is 7.13. The average molecular weight is 370 g/mol. The molecule has 24 heavy (non-hydrogen) atoms. The largest absolute Gasteiger partial charge is 0.353 e. The molecule has 7 heteroatoms. The van der Waals surface area contributed by atoms with E-state index in [-0.39, 0.29) is 17.2 Å². The van der Waals surface area contributed by atoms with Gasteiger partial charge in [-0.3, -0.25) is 9.59 Å². The zero-order valence-corrected chi connectivity index (χ0v) is 16.5. The number of nitrogens with one attached hydrogen (secondary N) is 1. The highest BCUT2D eigenvalue weighted by Crippen LogP contribution is 2.41. The predicted molar refractivity (Wildman–Crippen MR) is 101 cm³/mol. The van der Waals surface area contributed by atoms with Gasteiger partial charge in [-0.2, -0.15) is 11.3 Å². The van der Waals surface area contributed by atoms with Crippen LogP contribution in [0.1, 0.15) is 31.2 Å². The van der Waals surface area contributed by atoms with Crippen LogP contribution in [0.15, 0.2) is 16.8 Å². The molecule has 0 saturated carbocycles. The number of nitrogens with zero attached hydrogens (tertiary/aromatic N) is 2. The Balaban J connectivity index is 2.15. The van der Waals surface area contributed by atoms with Crippen molar-refractivity contribution in [1.29, 1.82) is 0 Å². The van der Waals surface area contributed by atoms with Crippen LogP contribution in [0, 0.1) is 5.92 Å². The smallest absolute Gasteiger partial charge is 0.242 e. The molecule has 2 amide bonds. The van der Waals surface area contributed by atoms with Crippen LogP contribution in [0.2, 0.25) is 0 Å². The third kappa shape index (κ3) is 4.97. The fourth-order valence-corrected chi connectivity index (χ4v) is 4.74. The van der Waals surface area contributed by atoms with Crippen molar-refractivity contribution in [3.63, 3.8) is 0 Å². The number of thiophene rings is 1. The Hall–Kier alpha value is -1.05. The molecule has 5 nitrogen and oxygen atoms in total. The first-order chi connectivity index (χ1) is 11.4. The van der Waals surface area contributed by atoms with E-state index in [1.165, 1.54) is 0 Å². The summed E-state index contributed by atoms with van der Waals surface area (Å²) in [5.41, 5.74) is 1.12. The first-order valence-electron chi connectivity index (χ1n) is 8.27. The van der Waals surface area contributed by atoms with Crippen molar-refractivity contribution in [1.82, 2.24) is 15.1 Å². The number of hydrogen-bond donors (Lipinski definition) is 1. The molecule has 0 aliphatic carbocycles. The third-order valence-electron chi connectivity index (χ3n) is 3.92. The number of thioether (sulfide) groups is 1. The molecule has 2 atom stereocenters. The van der Waals surface area contributed by atoms with Crippen molar-refractivity contribution >= 4 is 34.9 Å². The maximum absolute atomic E-state index is 12.8. The lowest BCUT2D eigenvalue weighted by atomic mass is 10.0. The van der Waals surface area contributed by atoms with Gasteiger partial charge in [-0.15, -0.1) is 11.8 Å². The van der Waals surface area contributed by atoms with E-state index in [2.05, 4.69) is 24.5 Å². The van der Waals surface area contributed by atoms with Crippen LogP contribution >= 0.6 is 23.1 Å². The second-order valence-electron chi connectivity index (χ2n) is 6.76. The Labute approximate surface area is 152 Å². The van der Waals surface area contributed by atoms with E-state index in [0.717, 1.165) is 12.1 Å². The zero-order chi connectivity index (χ0) is 17.7. The van der Waals surface area contributed by atoms with Gasteiger partial charge < -0.3 is 15.1 Å². The van der Waals surface area contributed by atoms with Crippen LogP contribution in [0.5, 0.6) is 0 Å². The molecule has 1 fully saturated rings. The molecular weight excluding hydrogens is 342 g/mol. The SMILES string of the molecule is CC(C)C[C@H](C(=O)NCCN(C)C)N1C(=O)CS[C@H]1c1ccsc1. The topological polar surface area (TPSA) is 52.7 Å². The van der Waals surface area contributed by atoms with E-state index in [1.54, 1.807) is 28.0 Å². The number of amides is 2. The van der Waals surface area contributed by atoms with Crippen molar-refractivity contribution in [2.45, 2.75) is 31.7 Å². The van der Waals surface area contributed by atoms with Gasteiger partial charge in [0.1, 0.15) is 11.4 Å². The maximum Gasteiger partial charge on any atom is 0.242 e. The molecule has 0 radical (unpaired) electrons. The van der Waals surface area contributed by atoms with E-state index in [4.69, 9.17) is 0 Å². The van der Waals surface area contributed by atoms with E-state index in [1.807, 2.05) is 30.4 Å². The summed E-state index contributed by atoms with van der Waals surface area (Å²) in [6.45, 7) is 5.57. The molecule has 0 aromatic carbocycles. The molecular formula is C17H27N3O2S2. The fourth-order valence-electron chi connectivity index (χ4n) is 2.76. The van der Waals surface area contributed by atoms with Crippen LogP contribution in [0.3, 0.4) is 0 Å². The molecule has 0 bridgehead atoms. The highest BCUT2D eigenvalue weighted by molar-refractivity contribution is 8.00. The van der Waals surface area contributed by atoms with Crippen LogP contribution < -0.4 is 5.32 Å². The minimum atomic E-state index is -0.403. The molecule has 2 rings (SSSR count). The highest BCUT2D eigenvalue weighted by atomic mass is 32.2. The number of likely N-dealkylation sites (N-methyl/N-ethyl adjacent to an activating group) is 1. The Bertz CT molecular complexity index is 546. The average Bonchev–Trinajstić information content (AvgIpc) is 3.13. The summed E-state index contributed by atoms with van der Waals surface area (Å²) in [7, 11) is 3.95. The van der Waals surface area contributed by atoms with Crippen molar-refractivity contribution < 1.29 is 9.59 Å². The molecule has 1 N–H and O–H groups in total. The summed E-state index contributed by atoms with van der Waals surface area (Å²) in [4.78, 5) is 29.1. The number of carbonyl (C=O) groups is 2. The van der Waals surface area contributed by atoms with Crippen molar-refractivity contribution in [3.05, 3.63) is 22.4 Å². The highest BCUT2D eigenvalue weighted by Gasteiger charge is 2.41. The molecule has 1 aromatic heterocycles.